The third-order valence-corrected chi connectivity index (χ3v) is 4.41. The fourth-order valence-electron chi connectivity index (χ4n) is 2.28. The van der Waals surface area contributed by atoms with Crippen molar-refractivity contribution in [3.63, 3.8) is 0 Å². The SMILES string of the molecule is O=C(CCCc1cccs1)c1nc(-c2ccccn2)[nH]c(=O)c1O. The van der Waals surface area contributed by atoms with Crippen LogP contribution in [0, 0.1) is 0 Å². The fourth-order valence-corrected chi connectivity index (χ4v) is 3.03. The molecular formula is C17H15N3O3S. The molecule has 122 valence electrons. The predicted molar refractivity (Wildman–Crippen MR) is 91.3 cm³/mol. The number of Topliss-reactive ketones (excluding diaryl/α,β-unsaturated/α-hetero) is 1. The predicted octanol–water partition coefficient (Wildman–Crippen LogP) is 2.80. The summed E-state index contributed by atoms with van der Waals surface area (Å²) in [4.78, 5) is 36.0. The third-order valence-electron chi connectivity index (χ3n) is 3.47. The zero-order chi connectivity index (χ0) is 16.9. The molecule has 0 spiro atoms. The van der Waals surface area contributed by atoms with E-state index in [1.165, 1.54) is 4.88 Å². The van der Waals surface area contributed by atoms with E-state index in [0.29, 0.717) is 12.1 Å². The lowest BCUT2D eigenvalue weighted by atomic mass is 10.1. The van der Waals surface area contributed by atoms with Crippen LogP contribution in [-0.2, 0) is 6.42 Å². The first-order chi connectivity index (χ1) is 11.6. The van der Waals surface area contributed by atoms with Crippen molar-refractivity contribution in [3.05, 3.63) is 62.8 Å². The first kappa shape index (κ1) is 16.1. The van der Waals surface area contributed by atoms with E-state index in [9.17, 15) is 14.7 Å². The van der Waals surface area contributed by atoms with E-state index in [-0.39, 0.29) is 23.7 Å². The van der Waals surface area contributed by atoms with Gasteiger partial charge in [0.1, 0.15) is 5.69 Å². The van der Waals surface area contributed by atoms with Crippen LogP contribution in [0.15, 0.2) is 46.7 Å². The largest absolute Gasteiger partial charge is 0.501 e. The van der Waals surface area contributed by atoms with Crippen LogP contribution in [0.2, 0.25) is 0 Å². The van der Waals surface area contributed by atoms with Crippen LogP contribution in [0.25, 0.3) is 11.5 Å². The summed E-state index contributed by atoms with van der Waals surface area (Å²) in [6, 6.07) is 9.12. The Bertz CT molecular complexity index is 889. The monoisotopic (exact) mass is 341 g/mol. The minimum absolute atomic E-state index is 0.167. The molecule has 0 unspecified atom stereocenters. The molecule has 0 saturated carbocycles. The van der Waals surface area contributed by atoms with Gasteiger partial charge in [-0.15, -0.1) is 11.3 Å². The molecule has 0 fully saturated rings. The second-order valence-corrected chi connectivity index (χ2v) is 6.22. The highest BCUT2D eigenvalue weighted by Gasteiger charge is 2.18. The van der Waals surface area contributed by atoms with Gasteiger partial charge in [0.2, 0.25) is 5.75 Å². The maximum Gasteiger partial charge on any atom is 0.294 e. The number of nitrogens with one attached hydrogen (secondary N) is 1. The molecule has 3 rings (SSSR count). The fraction of sp³-hybridized carbons (Fsp3) is 0.176. The van der Waals surface area contributed by atoms with Gasteiger partial charge in [-0.25, -0.2) is 4.98 Å². The second-order valence-electron chi connectivity index (χ2n) is 5.18. The Labute approximate surface area is 141 Å². The van der Waals surface area contributed by atoms with Crippen molar-refractivity contribution < 1.29 is 9.90 Å². The smallest absolute Gasteiger partial charge is 0.294 e. The molecular weight excluding hydrogens is 326 g/mol. The van der Waals surface area contributed by atoms with Gasteiger partial charge in [-0.3, -0.25) is 14.6 Å². The number of hydrogen-bond donors (Lipinski definition) is 2. The van der Waals surface area contributed by atoms with Gasteiger partial charge in [0.25, 0.3) is 5.56 Å². The number of nitrogens with zero attached hydrogens (tertiary/aromatic N) is 2. The quantitative estimate of drug-likeness (QED) is 0.672. The van der Waals surface area contributed by atoms with E-state index in [1.807, 2.05) is 17.5 Å². The lowest BCUT2D eigenvalue weighted by molar-refractivity contribution is 0.0972. The summed E-state index contributed by atoms with van der Waals surface area (Å²) in [5, 5.41) is 11.9. The van der Waals surface area contributed by atoms with Crippen LogP contribution >= 0.6 is 11.3 Å². The highest BCUT2D eigenvalue weighted by molar-refractivity contribution is 7.09. The van der Waals surface area contributed by atoms with Gasteiger partial charge in [0.15, 0.2) is 17.3 Å². The van der Waals surface area contributed by atoms with E-state index in [0.717, 1.165) is 6.42 Å². The highest BCUT2D eigenvalue weighted by Crippen LogP contribution is 2.18. The van der Waals surface area contributed by atoms with Crippen LogP contribution in [-0.4, -0.2) is 25.8 Å². The second kappa shape index (κ2) is 7.18. The molecule has 0 aliphatic rings. The Kier molecular flexibility index (Phi) is 4.81. The molecule has 0 aliphatic heterocycles. The number of ketones is 1. The normalized spacial score (nSPS) is 10.7. The molecule has 3 aromatic heterocycles. The van der Waals surface area contributed by atoms with Gasteiger partial charge in [0, 0.05) is 17.5 Å². The number of aryl methyl sites for hydroxylation is 1. The molecule has 0 atom stereocenters. The van der Waals surface area contributed by atoms with Crippen LogP contribution in [0.1, 0.15) is 28.2 Å². The number of carbonyl (C=O) groups excluding carboxylic acids is 1. The van der Waals surface area contributed by atoms with Crippen molar-refractivity contribution >= 4 is 17.1 Å². The molecule has 6 nitrogen and oxygen atoms in total. The molecule has 24 heavy (non-hydrogen) atoms. The van der Waals surface area contributed by atoms with E-state index in [2.05, 4.69) is 15.0 Å². The number of pyridine rings is 1. The summed E-state index contributed by atoms with van der Waals surface area (Å²) in [7, 11) is 0. The third kappa shape index (κ3) is 3.57. The van der Waals surface area contributed by atoms with Gasteiger partial charge in [-0.05, 0) is 36.4 Å². The molecule has 0 radical (unpaired) electrons. The van der Waals surface area contributed by atoms with E-state index >= 15 is 0 Å². The number of H-pyrrole nitrogens is 1. The number of thiophene rings is 1. The average Bonchev–Trinajstić information content (AvgIpc) is 3.11. The number of rotatable bonds is 6. The summed E-state index contributed by atoms with van der Waals surface area (Å²) >= 11 is 1.64. The highest BCUT2D eigenvalue weighted by atomic mass is 32.1. The van der Waals surface area contributed by atoms with Crippen LogP contribution < -0.4 is 5.56 Å². The van der Waals surface area contributed by atoms with Crippen molar-refractivity contribution in [2.75, 3.05) is 0 Å². The Balaban J connectivity index is 1.80. The Hall–Kier alpha value is -2.80. The number of aromatic amines is 1. The topological polar surface area (TPSA) is 95.9 Å². The molecule has 3 heterocycles. The van der Waals surface area contributed by atoms with Crippen LogP contribution in [0.4, 0.5) is 0 Å². The first-order valence-electron chi connectivity index (χ1n) is 7.45. The summed E-state index contributed by atoms with van der Waals surface area (Å²) in [5.74, 6) is -0.830. The number of aromatic hydroxyl groups is 1. The molecule has 0 aliphatic carbocycles. The summed E-state index contributed by atoms with van der Waals surface area (Å²) in [5.41, 5.74) is -0.514. The number of carbonyl (C=O) groups is 1. The minimum atomic E-state index is -0.743. The first-order valence-corrected chi connectivity index (χ1v) is 8.33. The van der Waals surface area contributed by atoms with Crippen molar-refractivity contribution in [2.45, 2.75) is 19.3 Å². The number of hydrogen-bond acceptors (Lipinski definition) is 6. The molecule has 0 amide bonds. The molecule has 3 aromatic rings. The standard InChI is InChI=1S/C17H15N3O3S/c21-13(8-3-5-11-6-4-10-24-11)14-15(22)17(23)20-16(19-14)12-7-1-2-9-18-12/h1-2,4,6-7,9-10,22H,3,5,8H2,(H,19,20,23). The van der Waals surface area contributed by atoms with Gasteiger partial charge in [-0.1, -0.05) is 12.1 Å². The van der Waals surface area contributed by atoms with E-state index < -0.39 is 11.3 Å². The Morgan fingerprint density at radius 2 is 2.12 bits per heavy atom. The summed E-state index contributed by atoms with van der Waals surface area (Å²) < 4.78 is 0. The van der Waals surface area contributed by atoms with Crippen molar-refractivity contribution in [2.24, 2.45) is 0 Å². The molecule has 7 heteroatoms. The molecule has 0 aromatic carbocycles. The van der Waals surface area contributed by atoms with Crippen LogP contribution in [0.3, 0.4) is 0 Å². The Morgan fingerprint density at radius 3 is 2.83 bits per heavy atom. The van der Waals surface area contributed by atoms with Crippen molar-refractivity contribution in [1.82, 2.24) is 15.0 Å². The lowest BCUT2D eigenvalue weighted by Crippen LogP contribution is -2.16. The minimum Gasteiger partial charge on any atom is -0.501 e. The average molecular weight is 341 g/mol. The molecule has 2 N–H and O–H groups in total. The van der Waals surface area contributed by atoms with Gasteiger partial charge >= 0.3 is 0 Å². The summed E-state index contributed by atoms with van der Waals surface area (Å²) in [6.07, 6.45) is 3.18. The van der Waals surface area contributed by atoms with Gasteiger partial charge in [-0.2, -0.15) is 0 Å². The lowest BCUT2D eigenvalue weighted by Gasteiger charge is -2.05. The van der Waals surface area contributed by atoms with Crippen LogP contribution in [0.5, 0.6) is 5.75 Å². The van der Waals surface area contributed by atoms with Crippen molar-refractivity contribution in [3.8, 4) is 17.3 Å². The molecule has 0 bridgehead atoms. The van der Waals surface area contributed by atoms with E-state index in [4.69, 9.17) is 0 Å². The zero-order valence-electron chi connectivity index (χ0n) is 12.7. The van der Waals surface area contributed by atoms with Gasteiger partial charge < -0.3 is 10.1 Å². The summed E-state index contributed by atoms with van der Waals surface area (Å²) in [6.45, 7) is 0. The van der Waals surface area contributed by atoms with Crippen molar-refractivity contribution in [1.29, 1.82) is 0 Å². The maximum absolute atomic E-state index is 12.3. The number of aromatic nitrogens is 3. The Morgan fingerprint density at radius 1 is 1.25 bits per heavy atom. The van der Waals surface area contributed by atoms with Gasteiger partial charge in [0.05, 0.1) is 0 Å². The zero-order valence-corrected chi connectivity index (χ0v) is 13.5. The molecule has 0 saturated heterocycles. The maximum atomic E-state index is 12.3. The van der Waals surface area contributed by atoms with E-state index in [1.54, 1.807) is 35.7 Å².